The average Bonchev–Trinajstić information content (AvgIpc) is 2.89. The molecule has 1 fully saturated rings. The van der Waals surface area contributed by atoms with Gasteiger partial charge >= 0.3 is 0 Å². The summed E-state index contributed by atoms with van der Waals surface area (Å²) >= 11 is 1.48. The Labute approximate surface area is 141 Å². The smallest absolute Gasteiger partial charge is 0.285 e. The summed E-state index contributed by atoms with van der Waals surface area (Å²) in [6.07, 6.45) is 2.76. The van der Waals surface area contributed by atoms with Gasteiger partial charge in [-0.3, -0.25) is 4.79 Å². The van der Waals surface area contributed by atoms with Crippen LogP contribution in [0.1, 0.15) is 11.1 Å². The molecule has 22 heavy (non-hydrogen) atoms. The van der Waals surface area contributed by atoms with Gasteiger partial charge in [0, 0.05) is 13.1 Å². The lowest BCUT2D eigenvalue weighted by Gasteiger charge is -2.27. The number of thioether (sulfide) groups is 1. The molecule has 2 aliphatic rings. The van der Waals surface area contributed by atoms with E-state index < -0.39 is 0 Å². The van der Waals surface area contributed by atoms with Crippen LogP contribution in [0.3, 0.4) is 0 Å². The summed E-state index contributed by atoms with van der Waals surface area (Å²) in [6, 6.07) is 8.24. The van der Waals surface area contributed by atoms with Crippen molar-refractivity contribution in [3.8, 4) is 0 Å². The number of aliphatic imine (C=N–C) groups is 1. The van der Waals surface area contributed by atoms with Crippen molar-refractivity contribution < 1.29 is 9.53 Å². The maximum Gasteiger partial charge on any atom is 0.285 e. The van der Waals surface area contributed by atoms with Crippen molar-refractivity contribution in [3.05, 3.63) is 46.4 Å². The summed E-state index contributed by atoms with van der Waals surface area (Å²) in [6.45, 7) is 5.12. The lowest BCUT2D eigenvalue weighted by molar-refractivity contribution is -0.113. The van der Waals surface area contributed by atoms with E-state index in [4.69, 9.17) is 4.74 Å². The zero-order valence-electron chi connectivity index (χ0n) is 12.4. The first-order valence-corrected chi connectivity index (χ1v) is 7.94. The number of carbonyl (C=O) groups is 1. The van der Waals surface area contributed by atoms with Gasteiger partial charge in [-0.1, -0.05) is 30.3 Å². The monoisotopic (exact) mass is 338 g/mol. The molecule has 0 atom stereocenters. The molecular formula is C16H19ClN2O2S. The van der Waals surface area contributed by atoms with E-state index in [9.17, 15) is 4.79 Å². The van der Waals surface area contributed by atoms with Crippen molar-refractivity contribution in [2.45, 2.75) is 13.3 Å². The normalized spacial score (nSPS) is 20.0. The Morgan fingerprint density at radius 3 is 2.77 bits per heavy atom. The Balaban J connectivity index is 0.00000176. The molecule has 4 nitrogen and oxygen atoms in total. The molecule has 1 amide bonds. The van der Waals surface area contributed by atoms with Gasteiger partial charge < -0.3 is 9.64 Å². The number of ether oxygens (including phenoxy) is 1. The zero-order valence-corrected chi connectivity index (χ0v) is 14.1. The van der Waals surface area contributed by atoms with Crippen LogP contribution in [0.4, 0.5) is 0 Å². The van der Waals surface area contributed by atoms with Crippen molar-refractivity contribution in [1.82, 2.24) is 4.90 Å². The molecule has 118 valence electrons. The SMILES string of the molecule is Cc1ccccc1C/C=C1\SC(N2CCOCC2)=NC1=O.Cl. The van der Waals surface area contributed by atoms with Crippen LogP contribution >= 0.6 is 24.2 Å². The summed E-state index contributed by atoms with van der Waals surface area (Å²) in [5.74, 6) is -0.116. The van der Waals surface area contributed by atoms with E-state index in [2.05, 4.69) is 28.9 Å². The van der Waals surface area contributed by atoms with E-state index >= 15 is 0 Å². The van der Waals surface area contributed by atoms with E-state index in [1.54, 1.807) is 0 Å². The highest BCUT2D eigenvalue weighted by Crippen LogP contribution is 2.29. The highest BCUT2D eigenvalue weighted by Gasteiger charge is 2.26. The standard InChI is InChI=1S/C16H18N2O2S.ClH/c1-12-4-2-3-5-13(12)6-7-14-15(19)17-16(21-14)18-8-10-20-11-9-18;/h2-5,7H,6,8-11H2,1H3;1H/b14-7-;. The maximum absolute atomic E-state index is 12.0. The molecule has 2 aliphatic heterocycles. The summed E-state index contributed by atoms with van der Waals surface area (Å²) in [5, 5.41) is 0.819. The molecule has 0 aromatic heterocycles. The summed E-state index contributed by atoms with van der Waals surface area (Å²) in [7, 11) is 0. The molecule has 3 rings (SSSR count). The molecule has 1 saturated heterocycles. The summed E-state index contributed by atoms with van der Waals surface area (Å²) in [4.78, 5) is 19.0. The van der Waals surface area contributed by atoms with Gasteiger partial charge in [0.05, 0.1) is 18.1 Å². The van der Waals surface area contributed by atoms with Crippen LogP contribution in [-0.2, 0) is 16.0 Å². The van der Waals surface area contributed by atoms with Crippen molar-refractivity contribution in [1.29, 1.82) is 0 Å². The van der Waals surface area contributed by atoms with Crippen LogP contribution < -0.4 is 0 Å². The van der Waals surface area contributed by atoms with Crippen molar-refractivity contribution in [3.63, 3.8) is 0 Å². The zero-order chi connectivity index (χ0) is 14.7. The number of benzene rings is 1. The predicted molar refractivity (Wildman–Crippen MR) is 92.6 cm³/mol. The molecule has 0 spiro atoms. The third-order valence-corrected chi connectivity index (χ3v) is 4.75. The minimum Gasteiger partial charge on any atom is -0.378 e. The minimum absolute atomic E-state index is 0. The van der Waals surface area contributed by atoms with E-state index in [0.29, 0.717) is 13.2 Å². The molecule has 0 bridgehead atoms. The number of nitrogens with zero attached hydrogens (tertiary/aromatic N) is 2. The van der Waals surface area contributed by atoms with Crippen LogP contribution in [0.15, 0.2) is 40.2 Å². The third-order valence-electron chi connectivity index (χ3n) is 3.66. The number of hydrogen-bond donors (Lipinski definition) is 0. The van der Waals surface area contributed by atoms with Gasteiger partial charge in [0.15, 0.2) is 5.17 Å². The number of amides is 1. The Bertz CT molecular complexity index is 610. The first kappa shape index (κ1) is 17.1. The second-order valence-electron chi connectivity index (χ2n) is 5.10. The fourth-order valence-corrected chi connectivity index (χ4v) is 3.30. The highest BCUT2D eigenvalue weighted by atomic mass is 35.5. The second kappa shape index (κ2) is 7.81. The number of morpholine rings is 1. The molecule has 0 N–H and O–H groups in total. The van der Waals surface area contributed by atoms with Gasteiger partial charge in [-0.2, -0.15) is 4.99 Å². The summed E-state index contributed by atoms with van der Waals surface area (Å²) < 4.78 is 5.33. The molecule has 2 heterocycles. The topological polar surface area (TPSA) is 41.9 Å². The first-order valence-electron chi connectivity index (χ1n) is 7.12. The molecule has 0 aliphatic carbocycles. The highest BCUT2D eigenvalue weighted by molar-refractivity contribution is 8.18. The predicted octanol–water partition coefficient (Wildman–Crippen LogP) is 2.80. The molecule has 0 unspecified atom stereocenters. The van der Waals surface area contributed by atoms with Gasteiger partial charge in [0.25, 0.3) is 5.91 Å². The Morgan fingerprint density at radius 2 is 2.05 bits per heavy atom. The maximum atomic E-state index is 12.0. The quantitative estimate of drug-likeness (QED) is 0.778. The second-order valence-corrected chi connectivity index (χ2v) is 6.11. The Hall–Kier alpha value is -1.30. The number of allylic oxidation sites excluding steroid dienone is 1. The third kappa shape index (κ3) is 3.91. The van der Waals surface area contributed by atoms with Gasteiger partial charge in [0.1, 0.15) is 0 Å². The Morgan fingerprint density at radius 1 is 1.32 bits per heavy atom. The van der Waals surface area contributed by atoms with Crippen LogP contribution in [0.25, 0.3) is 0 Å². The van der Waals surface area contributed by atoms with Crippen LogP contribution in [0, 0.1) is 6.92 Å². The molecule has 6 heteroatoms. The fraction of sp³-hybridized carbons (Fsp3) is 0.375. The van der Waals surface area contributed by atoms with Gasteiger partial charge in [0.2, 0.25) is 0 Å². The van der Waals surface area contributed by atoms with E-state index in [1.807, 2.05) is 18.2 Å². The van der Waals surface area contributed by atoms with Crippen molar-refractivity contribution in [2.75, 3.05) is 26.3 Å². The van der Waals surface area contributed by atoms with Crippen molar-refractivity contribution >= 4 is 35.2 Å². The number of halogens is 1. The summed E-state index contributed by atoms with van der Waals surface area (Å²) in [5.41, 5.74) is 2.50. The lowest BCUT2D eigenvalue weighted by atomic mass is 10.1. The number of amidine groups is 1. The molecular weight excluding hydrogens is 320 g/mol. The fourth-order valence-electron chi connectivity index (χ4n) is 2.37. The average molecular weight is 339 g/mol. The van der Waals surface area contributed by atoms with E-state index in [0.717, 1.165) is 29.6 Å². The molecule has 1 aromatic carbocycles. The van der Waals surface area contributed by atoms with Crippen molar-refractivity contribution in [2.24, 2.45) is 4.99 Å². The first-order chi connectivity index (χ1) is 10.2. The number of carbonyl (C=O) groups excluding carboxylic acids is 1. The van der Waals surface area contributed by atoms with Crippen LogP contribution in [0.5, 0.6) is 0 Å². The molecule has 0 saturated carbocycles. The van der Waals surface area contributed by atoms with Gasteiger partial charge in [-0.15, -0.1) is 12.4 Å². The van der Waals surface area contributed by atoms with E-state index in [1.165, 1.54) is 22.9 Å². The number of aryl methyl sites for hydroxylation is 1. The molecule has 1 aromatic rings. The van der Waals surface area contributed by atoms with Gasteiger partial charge in [-0.25, -0.2) is 0 Å². The lowest BCUT2D eigenvalue weighted by Crippen LogP contribution is -2.38. The van der Waals surface area contributed by atoms with Gasteiger partial charge in [-0.05, 0) is 36.2 Å². The largest absolute Gasteiger partial charge is 0.378 e. The Kier molecular flexibility index (Phi) is 6.06. The van der Waals surface area contributed by atoms with E-state index in [-0.39, 0.29) is 18.3 Å². The number of hydrogen-bond acceptors (Lipinski definition) is 4. The minimum atomic E-state index is -0.116. The number of rotatable bonds is 2. The molecule has 0 radical (unpaired) electrons. The van der Waals surface area contributed by atoms with Crippen LogP contribution in [0.2, 0.25) is 0 Å². The van der Waals surface area contributed by atoms with Crippen LogP contribution in [-0.4, -0.2) is 42.3 Å².